The number of halogens is 3. The summed E-state index contributed by atoms with van der Waals surface area (Å²) >= 11 is 0. The molecule has 1 fully saturated rings. The summed E-state index contributed by atoms with van der Waals surface area (Å²) in [4.78, 5) is 13.0. The summed E-state index contributed by atoms with van der Waals surface area (Å²) in [5.41, 5.74) is 0.501. The first kappa shape index (κ1) is 15.6. The number of aliphatic hydroxyl groups excluding tert-OH is 1. The molecule has 0 radical (unpaired) electrons. The van der Waals surface area contributed by atoms with Crippen molar-refractivity contribution in [3.05, 3.63) is 35.9 Å². The van der Waals surface area contributed by atoms with Gasteiger partial charge >= 0.3 is 12.2 Å². The van der Waals surface area contributed by atoms with Crippen molar-refractivity contribution < 1.29 is 23.1 Å². The number of β-amino-alcohol motifs (C(OH)–C–C–N with tert-alkyl or cyclic N) is 1. The number of hydrogen-bond donors (Lipinski definition) is 2. The van der Waals surface area contributed by atoms with E-state index in [1.54, 1.807) is 30.3 Å². The van der Waals surface area contributed by atoms with Gasteiger partial charge in [0.1, 0.15) is 6.04 Å². The number of benzene rings is 1. The van der Waals surface area contributed by atoms with Crippen molar-refractivity contribution in [2.75, 3.05) is 13.1 Å². The van der Waals surface area contributed by atoms with E-state index in [4.69, 9.17) is 0 Å². The van der Waals surface area contributed by atoms with Crippen molar-refractivity contribution in [2.45, 2.75) is 31.2 Å². The Bertz CT molecular complexity index is 479. The third kappa shape index (κ3) is 4.35. The maximum Gasteiger partial charge on any atom is 0.408 e. The Morgan fingerprint density at radius 1 is 1.38 bits per heavy atom. The number of rotatable bonds is 3. The van der Waals surface area contributed by atoms with Gasteiger partial charge in [-0.1, -0.05) is 30.3 Å². The van der Waals surface area contributed by atoms with Gasteiger partial charge < -0.3 is 15.3 Å². The number of hydrogen-bond acceptors (Lipinski definition) is 2. The molecule has 1 saturated heterocycles. The van der Waals surface area contributed by atoms with Gasteiger partial charge in [-0.3, -0.25) is 0 Å². The maximum atomic E-state index is 13.0. The Morgan fingerprint density at radius 3 is 2.57 bits per heavy atom. The Labute approximate surface area is 120 Å². The molecule has 0 spiro atoms. The van der Waals surface area contributed by atoms with Crippen molar-refractivity contribution in [3.63, 3.8) is 0 Å². The Morgan fingerprint density at radius 2 is 2.05 bits per heavy atom. The molecule has 2 amide bonds. The topological polar surface area (TPSA) is 52.6 Å². The lowest BCUT2D eigenvalue weighted by Crippen LogP contribution is -2.51. The van der Waals surface area contributed by atoms with Gasteiger partial charge in [-0.2, -0.15) is 13.2 Å². The number of alkyl halides is 3. The number of aliphatic hydroxyl groups is 1. The molecular weight excluding hydrogens is 285 g/mol. The zero-order chi connectivity index (χ0) is 15.5. The predicted molar refractivity (Wildman–Crippen MR) is 70.7 cm³/mol. The van der Waals surface area contributed by atoms with E-state index < -0.39 is 24.4 Å². The van der Waals surface area contributed by atoms with Gasteiger partial charge in [-0.15, -0.1) is 0 Å². The number of amides is 2. The van der Waals surface area contributed by atoms with Gasteiger partial charge in [0, 0.05) is 19.5 Å². The average molecular weight is 302 g/mol. The molecule has 0 bridgehead atoms. The largest absolute Gasteiger partial charge is 0.408 e. The summed E-state index contributed by atoms with van der Waals surface area (Å²) in [6.07, 6.45) is -5.10. The zero-order valence-electron chi connectivity index (χ0n) is 11.3. The van der Waals surface area contributed by atoms with Crippen molar-refractivity contribution in [2.24, 2.45) is 0 Å². The second kappa shape index (κ2) is 6.34. The molecule has 2 rings (SSSR count). The summed E-state index contributed by atoms with van der Waals surface area (Å²) in [6, 6.07) is 5.48. The summed E-state index contributed by atoms with van der Waals surface area (Å²) in [6.45, 7) is 0.338. The van der Waals surface area contributed by atoms with Crippen LogP contribution in [0.5, 0.6) is 0 Å². The van der Waals surface area contributed by atoms with E-state index >= 15 is 0 Å². The van der Waals surface area contributed by atoms with Crippen LogP contribution in [0.1, 0.15) is 12.0 Å². The Balaban J connectivity index is 2.02. The van der Waals surface area contributed by atoms with Gasteiger partial charge in [0.15, 0.2) is 0 Å². The lowest BCUT2D eigenvalue weighted by Gasteiger charge is -2.25. The molecule has 1 aromatic carbocycles. The molecule has 0 aliphatic carbocycles. The van der Waals surface area contributed by atoms with Gasteiger partial charge in [0.05, 0.1) is 6.10 Å². The molecule has 0 saturated carbocycles. The summed E-state index contributed by atoms with van der Waals surface area (Å²) in [5.74, 6) is 0. The van der Waals surface area contributed by atoms with E-state index in [9.17, 15) is 23.1 Å². The van der Waals surface area contributed by atoms with Crippen LogP contribution < -0.4 is 5.32 Å². The number of carbonyl (C=O) groups is 1. The first-order chi connectivity index (χ1) is 9.86. The van der Waals surface area contributed by atoms with Crippen molar-refractivity contribution >= 4 is 6.03 Å². The molecule has 2 atom stereocenters. The van der Waals surface area contributed by atoms with Crippen LogP contribution in [0.15, 0.2) is 30.3 Å². The molecule has 1 aliphatic rings. The zero-order valence-corrected chi connectivity index (χ0v) is 11.3. The average Bonchev–Trinajstić information content (AvgIpc) is 2.85. The standard InChI is InChI=1S/C14H17F3N2O2/c15-14(16,17)12(8-10-4-2-1-3-5-10)18-13(21)19-7-6-11(20)9-19/h1-5,11-12,20H,6-9H2,(H,18,21)/t11-,12+/m1/s1. The highest BCUT2D eigenvalue weighted by atomic mass is 19.4. The molecule has 1 heterocycles. The number of nitrogens with one attached hydrogen (secondary N) is 1. The second-order valence-corrected chi connectivity index (χ2v) is 5.12. The predicted octanol–water partition coefficient (Wildman–Crippen LogP) is 1.94. The second-order valence-electron chi connectivity index (χ2n) is 5.12. The maximum absolute atomic E-state index is 13.0. The molecule has 4 nitrogen and oxygen atoms in total. The summed E-state index contributed by atoms with van der Waals surface area (Å²) in [5, 5.41) is 11.4. The fourth-order valence-corrected chi connectivity index (χ4v) is 2.27. The first-order valence-electron chi connectivity index (χ1n) is 6.70. The normalized spacial score (nSPS) is 20.4. The van der Waals surface area contributed by atoms with Crippen LogP contribution in [-0.4, -0.2) is 47.4 Å². The highest BCUT2D eigenvalue weighted by molar-refractivity contribution is 5.75. The minimum absolute atomic E-state index is 0.0712. The van der Waals surface area contributed by atoms with E-state index in [0.29, 0.717) is 12.0 Å². The van der Waals surface area contributed by atoms with Crippen LogP contribution in [0.3, 0.4) is 0 Å². The number of likely N-dealkylation sites (tertiary alicyclic amines) is 1. The Hall–Kier alpha value is -1.76. The molecular formula is C14H17F3N2O2. The fraction of sp³-hybridized carbons (Fsp3) is 0.500. The third-order valence-corrected chi connectivity index (χ3v) is 3.43. The molecule has 0 unspecified atom stereocenters. The number of urea groups is 1. The molecule has 7 heteroatoms. The van der Waals surface area contributed by atoms with E-state index in [1.807, 2.05) is 5.32 Å². The van der Waals surface area contributed by atoms with E-state index in [-0.39, 0.29) is 19.5 Å². The highest BCUT2D eigenvalue weighted by Crippen LogP contribution is 2.24. The fourth-order valence-electron chi connectivity index (χ4n) is 2.27. The molecule has 0 aromatic heterocycles. The minimum atomic E-state index is -4.52. The van der Waals surface area contributed by atoms with Crippen molar-refractivity contribution in [1.29, 1.82) is 0 Å². The van der Waals surface area contributed by atoms with Crippen molar-refractivity contribution in [1.82, 2.24) is 10.2 Å². The SMILES string of the molecule is O=C(N[C@@H](Cc1ccccc1)C(F)(F)F)N1CC[C@@H](O)C1. The quantitative estimate of drug-likeness (QED) is 0.896. The van der Waals surface area contributed by atoms with E-state index in [2.05, 4.69) is 0 Å². The van der Waals surface area contributed by atoms with E-state index in [1.165, 1.54) is 4.90 Å². The van der Waals surface area contributed by atoms with Crippen LogP contribution in [0.25, 0.3) is 0 Å². The lowest BCUT2D eigenvalue weighted by molar-refractivity contribution is -0.153. The first-order valence-corrected chi connectivity index (χ1v) is 6.70. The van der Waals surface area contributed by atoms with Gasteiger partial charge in [0.2, 0.25) is 0 Å². The monoisotopic (exact) mass is 302 g/mol. The molecule has 2 N–H and O–H groups in total. The van der Waals surface area contributed by atoms with Crippen LogP contribution in [0, 0.1) is 0 Å². The van der Waals surface area contributed by atoms with Gasteiger partial charge in [0.25, 0.3) is 0 Å². The van der Waals surface area contributed by atoms with Crippen molar-refractivity contribution in [3.8, 4) is 0 Å². The highest BCUT2D eigenvalue weighted by Gasteiger charge is 2.41. The minimum Gasteiger partial charge on any atom is -0.391 e. The number of nitrogens with zero attached hydrogens (tertiary/aromatic N) is 1. The van der Waals surface area contributed by atoms with Gasteiger partial charge in [-0.25, -0.2) is 4.79 Å². The summed E-state index contributed by atoms with van der Waals surface area (Å²) < 4.78 is 39.1. The van der Waals surface area contributed by atoms with Crippen LogP contribution in [-0.2, 0) is 6.42 Å². The van der Waals surface area contributed by atoms with E-state index in [0.717, 1.165) is 0 Å². The molecule has 1 aromatic rings. The lowest BCUT2D eigenvalue weighted by atomic mass is 10.1. The number of carbonyl (C=O) groups excluding carboxylic acids is 1. The van der Waals surface area contributed by atoms with Crippen LogP contribution in [0.2, 0.25) is 0 Å². The van der Waals surface area contributed by atoms with Crippen LogP contribution in [0.4, 0.5) is 18.0 Å². The molecule has 1 aliphatic heterocycles. The molecule has 116 valence electrons. The third-order valence-electron chi connectivity index (χ3n) is 3.43. The Kier molecular flexibility index (Phi) is 4.72. The van der Waals surface area contributed by atoms with Gasteiger partial charge in [-0.05, 0) is 12.0 Å². The summed E-state index contributed by atoms with van der Waals surface area (Å²) in [7, 11) is 0. The van der Waals surface area contributed by atoms with Crippen LogP contribution >= 0.6 is 0 Å². The smallest absolute Gasteiger partial charge is 0.391 e. The molecule has 21 heavy (non-hydrogen) atoms.